The van der Waals surface area contributed by atoms with Crippen LogP contribution in [-0.2, 0) is 9.53 Å². The third kappa shape index (κ3) is 7.84. The molecule has 0 aromatic heterocycles. The Kier molecular flexibility index (Phi) is 8.00. The monoisotopic (exact) mass is 178 g/mol. The van der Waals surface area contributed by atoms with Crippen LogP contribution in [-0.4, -0.2) is 35.8 Å². The standard InChI is InChI=1S/C7H14O3S/c1-2-10-4-3-5-11-7(9)6-8/h8H,2-6H2,1H3. The summed E-state index contributed by atoms with van der Waals surface area (Å²) in [7, 11) is 0. The van der Waals surface area contributed by atoms with E-state index in [-0.39, 0.29) is 11.7 Å². The maximum absolute atomic E-state index is 10.5. The van der Waals surface area contributed by atoms with Gasteiger partial charge in [-0.3, -0.25) is 4.79 Å². The number of carbonyl (C=O) groups excluding carboxylic acids is 1. The third-order valence-corrected chi connectivity index (χ3v) is 1.97. The number of carbonyl (C=O) groups is 1. The minimum Gasteiger partial charge on any atom is -0.388 e. The fourth-order valence-electron chi connectivity index (χ4n) is 0.537. The molecule has 0 atom stereocenters. The lowest BCUT2D eigenvalue weighted by molar-refractivity contribution is -0.113. The topological polar surface area (TPSA) is 46.5 Å². The molecule has 66 valence electrons. The van der Waals surface area contributed by atoms with E-state index >= 15 is 0 Å². The van der Waals surface area contributed by atoms with E-state index in [1.54, 1.807) is 0 Å². The zero-order valence-corrected chi connectivity index (χ0v) is 7.52. The van der Waals surface area contributed by atoms with Gasteiger partial charge in [-0.15, -0.1) is 0 Å². The van der Waals surface area contributed by atoms with Crippen LogP contribution in [0.4, 0.5) is 0 Å². The van der Waals surface area contributed by atoms with Gasteiger partial charge < -0.3 is 9.84 Å². The summed E-state index contributed by atoms with van der Waals surface area (Å²) in [5, 5.41) is 8.17. The normalized spacial score (nSPS) is 10.0. The molecule has 0 radical (unpaired) electrons. The highest BCUT2D eigenvalue weighted by Gasteiger charge is 1.98. The predicted octanol–water partition coefficient (Wildman–Crippen LogP) is 0.665. The van der Waals surface area contributed by atoms with E-state index < -0.39 is 0 Å². The maximum atomic E-state index is 10.5. The first-order valence-electron chi connectivity index (χ1n) is 3.65. The van der Waals surface area contributed by atoms with Crippen LogP contribution in [0.3, 0.4) is 0 Å². The van der Waals surface area contributed by atoms with Crippen LogP contribution in [0.25, 0.3) is 0 Å². The molecule has 4 heteroatoms. The predicted molar refractivity (Wildman–Crippen MR) is 45.7 cm³/mol. The largest absolute Gasteiger partial charge is 0.388 e. The van der Waals surface area contributed by atoms with Crippen molar-refractivity contribution in [2.45, 2.75) is 13.3 Å². The van der Waals surface area contributed by atoms with Crippen LogP contribution >= 0.6 is 11.8 Å². The molecular weight excluding hydrogens is 164 g/mol. The van der Waals surface area contributed by atoms with Crippen molar-refractivity contribution in [3.05, 3.63) is 0 Å². The average molecular weight is 178 g/mol. The summed E-state index contributed by atoms with van der Waals surface area (Å²) in [6, 6.07) is 0. The summed E-state index contributed by atoms with van der Waals surface area (Å²) in [6.07, 6.45) is 0.865. The van der Waals surface area contributed by atoms with Gasteiger partial charge in [0.25, 0.3) is 0 Å². The molecular formula is C7H14O3S. The smallest absolute Gasteiger partial charge is 0.214 e. The molecule has 0 saturated carbocycles. The Balaban J connectivity index is 2.95. The van der Waals surface area contributed by atoms with E-state index in [9.17, 15) is 4.79 Å². The number of hydrogen-bond donors (Lipinski definition) is 1. The summed E-state index contributed by atoms with van der Waals surface area (Å²) in [6.45, 7) is 2.99. The molecule has 0 aliphatic carbocycles. The number of rotatable bonds is 6. The van der Waals surface area contributed by atoms with E-state index in [4.69, 9.17) is 9.84 Å². The van der Waals surface area contributed by atoms with Crippen LogP contribution in [0.5, 0.6) is 0 Å². The van der Waals surface area contributed by atoms with Crippen molar-refractivity contribution in [3.8, 4) is 0 Å². The van der Waals surface area contributed by atoms with Gasteiger partial charge in [-0.25, -0.2) is 0 Å². The van der Waals surface area contributed by atoms with Crippen molar-refractivity contribution in [1.29, 1.82) is 0 Å². The summed E-state index contributed by atoms with van der Waals surface area (Å²) >= 11 is 1.16. The van der Waals surface area contributed by atoms with Crippen LogP contribution in [0.2, 0.25) is 0 Å². The first kappa shape index (κ1) is 10.9. The summed E-state index contributed by atoms with van der Waals surface area (Å²) in [4.78, 5) is 10.5. The SMILES string of the molecule is CCOCCCSC(=O)CO. The molecule has 0 rings (SSSR count). The lowest BCUT2D eigenvalue weighted by Gasteiger charge is -1.98. The van der Waals surface area contributed by atoms with Gasteiger partial charge >= 0.3 is 0 Å². The van der Waals surface area contributed by atoms with Gasteiger partial charge in [-0.05, 0) is 13.3 Å². The lowest BCUT2D eigenvalue weighted by atomic mass is 10.5. The van der Waals surface area contributed by atoms with Crippen molar-refractivity contribution in [3.63, 3.8) is 0 Å². The molecule has 11 heavy (non-hydrogen) atoms. The van der Waals surface area contributed by atoms with Crippen LogP contribution < -0.4 is 0 Å². The molecule has 0 aliphatic rings. The Bertz CT molecular complexity index is 106. The fourth-order valence-corrected chi connectivity index (χ4v) is 1.12. The van der Waals surface area contributed by atoms with Gasteiger partial charge in [-0.2, -0.15) is 0 Å². The van der Waals surface area contributed by atoms with Crippen molar-refractivity contribution in [1.82, 2.24) is 0 Å². The Hall–Kier alpha value is -0.0600. The van der Waals surface area contributed by atoms with Crippen LogP contribution in [0.15, 0.2) is 0 Å². The van der Waals surface area contributed by atoms with E-state index in [2.05, 4.69) is 0 Å². The van der Waals surface area contributed by atoms with Crippen LogP contribution in [0, 0.1) is 0 Å². The van der Waals surface area contributed by atoms with Crippen LogP contribution in [0.1, 0.15) is 13.3 Å². The number of aliphatic hydroxyl groups is 1. The quantitative estimate of drug-likeness (QED) is 0.607. The lowest BCUT2D eigenvalue weighted by Crippen LogP contribution is -2.01. The highest BCUT2D eigenvalue weighted by atomic mass is 32.2. The molecule has 0 bridgehead atoms. The number of thioether (sulfide) groups is 1. The zero-order chi connectivity index (χ0) is 8.53. The second kappa shape index (κ2) is 8.04. The molecule has 0 aromatic carbocycles. The molecule has 0 aromatic rings. The van der Waals surface area contributed by atoms with Gasteiger partial charge in [0, 0.05) is 19.0 Å². The Labute approximate surface area is 71.1 Å². The Morgan fingerprint density at radius 2 is 2.36 bits per heavy atom. The number of ether oxygens (including phenoxy) is 1. The molecule has 0 unspecified atom stereocenters. The molecule has 0 spiro atoms. The summed E-state index contributed by atoms with van der Waals surface area (Å²) in [5.74, 6) is 0.736. The maximum Gasteiger partial charge on any atom is 0.214 e. The van der Waals surface area contributed by atoms with E-state index in [1.807, 2.05) is 6.92 Å². The number of aliphatic hydroxyl groups excluding tert-OH is 1. The van der Waals surface area contributed by atoms with Gasteiger partial charge in [-0.1, -0.05) is 11.8 Å². The second-order valence-corrected chi connectivity index (χ2v) is 3.08. The molecule has 0 amide bonds. The Morgan fingerprint density at radius 3 is 2.91 bits per heavy atom. The molecule has 0 heterocycles. The summed E-state index contributed by atoms with van der Waals surface area (Å²) < 4.78 is 5.06. The molecule has 0 saturated heterocycles. The van der Waals surface area contributed by atoms with Gasteiger partial charge in [0.05, 0.1) is 0 Å². The molecule has 3 nitrogen and oxygen atoms in total. The van der Waals surface area contributed by atoms with E-state index in [0.717, 1.165) is 30.5 Å². The Morgan fingerprint density at radius 1 is 1.64 bits per heavy atom. The summed E-state index contributed by atoms with van der Waals surface area (Å²) in [5.41, 5.74) is 0. The minimum absolute atomic E-state index is 0.165. The van der Waals surface area contributed by atoms with E-state index in [1.165, 1.54) is 0 Å². The second-order valence-electron chi connectivity index (χ2n) is 1.93. The van der Waals surface area contributed by atoms with Crippen molar-refractivity contribution in [2.24, 2.45) is 0 Å². The average Bonchev–Trinajstić information content (AvgIpc) is 2.04. The van der Waals surface area contributed by atoms with Crippen molar-refractivity contribution >= 4 is 16.9 Å². The third-order valence-electron chi connectivity index (χ3n) is 1.03. The molecule has 0 fully saturated rings. The fraction of sp³-hybridized carbons (Fsp3) is 0.857. The van der Waals surface area contributed by atoms with Gasteiger partial charge in [0.1, 0.15) is 6.61 Å². The first-order valence-corrected chi connectivity index (χ1v) is 4.64. The molecule has 1 N–H and O–H groups in total. The highest BCUT2D eigenvalue weighted by Crippen LogP contribution is 2.02. The van der Waals surface area contributed by atoms with Crippen molar-refractivity contribution < 1.29 is 14.6 Å². The zero-order valence-electron chi connectivity index (χ0n) is 6.71. The minimum atomic E-state index is -0.362. The molecule has 0 aliphatic heterocycles. The highest BCUT2D eigenvalue weighted by molar-refractivity contribution is 8.13. The first-order chi connectivity index (χ1) is 5.31. The van der Waals surface area contributed by atoms with Gasteiger partial charge in [0.2, 0.25) is 5.12 Å². The van der Waals surface area contributed by atoms with Crippen molar-refractivity contribution in [2.75, 3.05) is 25.6 Å². The van der Waals surface area contributed by atoms with E-state index in [0.29, 0.717) is 6.61 Å². The number of hydrogen-bond acceptors (Lipinski definition) is 4. The van der Waals surface area contributed by atoms with Gasteiger partial charge in [0.15, 0.2) is 0 Å².